The Morgan fingerprint density at radius 3 is 2.59 bits per heavy atom. The molecule has 124 valence electrons. The molecular formula is C15H24N2O4S. The van der Waals surface area contributed by atoms with E-state index in [0.29, 0.717) is 25.9 Å². The molecule has 0 bridgehead atoms. The third-order valence-corrected chi connectivity index (χ3v) is 6.86. The van der Waals surface area contributed by atoms with Gasteiger partial charge in [-0.25, -0.2) is 8.42 Å². The molecule has 0 aliphatic carbocycles. The molecule has 0 radical (unpaired) electrons. The fourth-order valence-electron chi connectivity index (χ4n) is 3.86. The van der Waals surface area contributed by atoms with E-state index in [9.17, 15) is 18.0 Å². The first-order valence-electron chi connectivity index (χ1n) is 8.25. The molecule has 7 heteroatoms. The molecule has 22 heavy (non-hydrogen) atoms. The van der Waals surface area contributed by atoms with Crippen LogP contribution in [0, 0.1) is 5.92 Å². The summed E-state index contributed by atoms with van der Waals surface area (Å²) in [5.41, 5.74) is 0. The van der Waals surface area contributed by atoms with Crippen molar-refractivity contribution in [3.63, 3.8) is 0 Å². The summed E-state index contributed by atoms with van der Waals surface area (Å²) in [7, 11) is -3.04. The highest BCUT2D eigenvalue weighted by molar-refractivity contribution is 7.91. The lowest BCUT2D eigenvalue weighted by molar-refractivity contribution is -0.140. The molecule has 0 N–H and O–H groups in total. The second-order valence-electron chi connectivity index (χ2n) is 6.72. The summed E-state index contributed by atoms with van der Waals surface area (Å²) in [5.74, 6) is -0.0803. The number of hydrogen-bond donors (Lipinski definition) is 0. The molecule has 0 aromatic heterocycles. The number of carbonyl (C=O) groups is 2. The first-order chi connectivity index (χ1) is 10.5. The number of amides is 2. The van der Waals surface area contributed by atoms with Crippen LogP contribution in [0.1, 0.15) is 38.5 Å². The minimum Gasteiger partial charge on any atom is -0.341 e. The van der Waals surface area contributed by atoms with Gasteiger partial charge in [0.15, 0.2) is 9.84 Å². The van der Waals surface area contributed by atoms with E-state index < -0.39 is 9.84 Å². The molecule has 0 aromatic carbocycles. The van der Waals surface area contributed by atoms with Gasteiger partial charge < -0.3 is 9.80 Å². The van der Waals surface area contributed by atoms with Crippen LogP contribution in [0.4, 0.5) is 0 Å². The van der Waals surface area contributed by atoms with Gasteiger partial charge in [-0.3, -0.25) is 9.59 Å². The van der Waals surface area contributed by atoms with E-state index in [1.54, 1.807) is 0 Å². The lowest BCUT2D eigenvalue weighted by atomic mass is 9.98. The van der Waals surface area contributed by atoms with Crippen molar-refractivity contribution in [2.45, 2.75) is 44.6 Å². The monoisotopic (exact) mass is 328 g/mol. The van der Waals surface area contributed by atoms with Crippen LogP contribution in [0.15, 0.2) is 0 Å². The lowest BCUT2D eigenvalue weighted by Crippen LogP contribution is -2.51. The van der Waals surface area contributed by atoms with Crippen molar-refractivity contribution in [1.82, 2.24) is 9.80 Å². The number of sulfone groups is 1. The molecule has 0 spiro atoms. The zero-order valence-corrected chi connectivity index (χ0v) is 13.7. The van der Waals surface area contributed by atoms with Crippen LogP contribution in [0.3, 0.4) is 0 Å². The third-order valence-electron chi connectivity index (χ3n) is 5.09. The predicted molar refractivity (Wildman–Crippen MR) is 81.9 cm³/mol. The van der Waals surface area contributed by atoms with Gasteiger partial charge in [-0.05, 0) is 32.1 Å². The lowest BCUT2D eigenvalue weighted by Gasteiger charge is -2.39. The Labute approximate surface area is 131 Å². The van der Waals surface area contributed by atoms with Crippen molar-refractivity contribution in [3.05, 3.63) is 0 Å². The average Bonchev–Trinajstić information content (AvgIpc) is 3.05. The van der Waals surface area contributed by atoms with Crippen molar-refractivity contribution in [2.75, 3.05) is 31.1 Å². The third kappa shape index (κ3) is 3.29. The van der Waals surface area contributed by atoms with Crippen molar-refractivity contribution in [2.24, 2.45) is 5.92 Å². The molecule has 0 saturated carbocycles. The molecule has 3 rings (SSSR count). The number of likely N-dealkylation sites (tertiary alicyclic amines) is 2. The van der Waals surface area contributed by atoms with Crippen LogP contribution in [-0.4, -0.2) is 67.2 Å². The summed E-state index contributed by atoms with van der Waals surface area (Å²) < 4.78 is 23.2. The molecule has 2 amide bonds. The molecule has 2 unspecified atom stereocenters. The topological polar surface area (TPSA) is 74.8 Å². The Morgan fingerprint density at radius 1 is 1.14 bits per heavy atom. The number of rotatable bonds is 3. The van der Waals surface area contributed by atoms with Crippen molar-refractivity contribution in [1.29, 1.82) is 0 Å². The van der Waals surface area contributed by atoms with Gasteiger partial charge in [0, 0.05) is 32.1 Å². The number of nitrogens with zero attached hydrogens (tertiary/aromatic N) is 2. The van der Waals surface area contributed by atoms with Gasteiger partial charge in [0.2, 0.25) is 11.8 Å². The van der Waals surface area contributed by atoms with Gasteiger partial charge in [-0.2, -0.15) is 0 Å². The SMILES string of the molecule is O=C1CCCN1CC1CCCCN1C(=O)C1CCS(=O)(=O)C1. The van der Waals surface area contributed by atoms with Crippen molar-refractivity contribution < 1.29 is 18.0 Å². The Balaban J connectivity index is 1.67. The van der Waals surface area contributed by atoms with E-state index in [1.165, 1.54) is 0 Å². The van der Waals surface area contributed by atoms with Gasteiger partial charge >= 0.3 is 0 Å². The average molecular weight is 328 g/mol. The largest absolute Gasteiger partial charge is 0.341 e. The van der Waals surface area contributed by atoms with Crippen LogP contribution in [-0.2, 0) is 19.4 Å². The molecule has 3 aliphatic rings. The number of carbonyl (C=O) groups excluding carboxylic acids is 2. The molecule has 3 heterocycles. The van der Waals surface area contributed by atoms with E-state index in [-0.39, 0.29) is 35.3 Å². The Hall–Kier alpha value is -1.11. The van der Waals surface area contributed by atoms with E-state index in [4.69, 9.17) is 0 Å². The van der Waals surface area contributed by atoms with E-state index in [1.807, 2.05) is 9.80 Å². The summed E-state index contributed by atoms with van der Waals surface area (Å²) in [6.07, 6.45) is 4.92. The molecule has 2 atom stereocenters. The molecule has 3 saturated heterocycles. The first kappa shape index (κ1) is 15.8. The fraction of sp³-hybridized carbons (Fsp3) is 0.867. The number of piperidine rings is 1. The van der Waals surface area contributed by atoms with Gasteiger partial charge in [0.25, 0.3) is 0 Å². The van der Waals surface area contributed by atoms with Crippen LogP contribution >= 0.6 is 0 Å². The summed E-state index contributed by atoms with van der Waals surface area (Å²) >= 11 is 0. The maximum absolute atomic E-state index is 12.7. The molecule has 0 aromatic rings. The Morgan fingerprint density at radius 2 is 1.95 bits per heavy atom. The maximum atomic E-state index is 12.7. The number of hydrogen-bond acceptors (Lipinski definition) is 4. The van der Waals surface area contributed by atoms with Gasteiger partial charge in [0.05, 0.1) is 17.4 Å². The Bertz CT molecular complexity index is 560. The second-order valence-corrected chi connectivity index (χ2v) is 8.95. The van der Waals surface area contributed by atoms with E-state index in [2.05, 4.69) is 0 Å². The maximum Gasteiger partial charge on any atom is 0.227 e. The molecule has 6 nitrogen and oxygen atoms in total. The molecular weight excluding hydrogens is 304 g/mol. The summed E-state index contributed by atoms with van der Waals surface area (Å²) in [4.78, 5) is 28.2. The van der Waals surface area contributed by atoms with Gasteiger partial charge in [-0.1, -0.05) is 0 Å². The molecule has 3 aliphatic heterocycles. The highest BCUT2D eigenvalue weighted by Crippen LogP contribution is 2.26. The second kappa shape index (κ2) is 6.18. The minimum atomic E-state index is -3.04. The normalized spacial score (nSPS) is 31.7. The smallest absolute Gasteiger partial charge is 0.227 e. The highest BCUT2D eigenvalue weighted by Gasteiger charge is 2.39. The predicted octanol–water partition coefficient (Wildman–Crippen LogP) is 0.425. The van der Waals surface area contributed by atoms with Crippen molar-refractivity contribution >= 4 is 21.7 Å². The Kier molecular flexibility index (Phi) is 4.43. The van der Waals surface area contributed by atoms with Crippen LogP contribution in [0.5, 0.6) is 0 Å². The fourth-order valence-corrected chi connectivity index (χ4v) is 5.59. The zero-order valence-electron chi connectivity index (χ0n) is 12.9. The minimum absolute atomic E-state index is 0.00228. The molecule has 3 fully saturated rings. The summed E-state index contributed by atoms with van der Waals surface area (Å²) in [6.45, 7) is 2.10. The van der Waals surface area contributed by atoms with E-state index >= 15 is 0 Å². The zero-order chi connectivity index (χ0) is 15.7. The van der Waals surface area contributed by atoms with Crippen molar-refractivity contribution in [3.8, 4) is 0 Å². The standard InChI is InChI=1S/C15H24N2O4S/c18-14-5-3-7-16(14)10-13-4-1-2-8-17(13)15(19)12-6-9-22(20,21)11-12/h12-13H,1-11H2. The highest BCUT2D eigenvalue weighted by atomic mass is 32.2. The van der Waals surface area contributed by atoms with Crippen LogP contribution in [0.2, 0.25) is 0 Å². The summed E-state index contributed by atoms with van der Waals surface area (Å²) in [5, 5.41) is 0. The summed E-state index contributed by atoms with van der Waals surface area (Å²) in [6, 6.07) is 0.0617. The van der Waals surface area contributed by atoms with Gasteiger partial charge in [-0.15, -0.1) is 0 Å². The first-order valence-corrected chi connectivity index (χ1v) is 10.1. The van der Waals surface area contributed by atoms with Crippen LogP contribution < -0.4 is 0 Å². The van der Waals surface area contributed by atoms with Crippen LogP contribution in [0.25, 0.3) is 0 Å². The van der Waals surface area contributed by atoms with Gasteiger partial charge in [0.1, 0.15) is 0 Å². The quantitative estimate of drug-likeness (QED) is 0.753. The van der Waals surface area contributed by atoms with E-state index in [0.717, 1.165) is 32.2 Å².